The number of urea groups is 1. The highest BCUT2D eigenvalue weighted by Gasteiger charge is 2.38. The van der Waals surface area contributed by atoms with Crippen molar-refractivity contribution in [3.8, 4) is 0 Å². The first-order valence-electron chi connectivity index (χ1n) is 7.04. The average molecular weight is 292 g/mol. The van der Waals surface area contributed by atoms with Gasteiger partial charge in [-0.2, -0.15) is 0 Å². The summed E-state index contributed by atoms with van der Waals surface area (Å²) in [6.07, 6.45) is 0.257. The Bertz CT molecular complexity index is 515. The molecule has 1 fully saturated rings. The monoisotopic (exact) mass is 292 g/mol. The van der Waals surface area contributed by atoms with Crippen molar-refractivity contribution >= 4 is 12.0 Å². The quantitative estimate of drug-likeness (QED) is 0.771. The van der Waals surface area contributed by atoms with E-state index in [1.807, 2.05) is 24.3 Å². The van der Waals surface area contributed by atoms with Crippen LogP contribution < -0.4 is 5.32 Å². The number of β-amino-alcohol motifs (C(OH)–C–C–N with tert-alkyl or cyclic N) is 1. The van der Waals surface area contributed by atoms with E-state index >= 15 is 0 Å². The predicted octanol–water partition coefficient (Wildman–Crippen LogP) is 0.978. The number of carbonyl (C=O) groups is 2. The van der Waals surface area contributed by atoms with Crippen molar-refractivity contribution in [2.75, 3.05) is 6.54 Å². The standard InChI is InChI=1S/C15H20N2O4/c1-2-10-3-5-11(6-4-10)8-16-15(21)17-9-12(18)7-13(17)14(19)20/h3-6,12-13,18H,2,7-9H2,1H3,(H,16,21)(H,19,20)/t12-,13-/m1/s1. The van der Waals surface area contributed by atoms with Gasteiger partial charge < -0.3 is 20.4 Å². The summed E-state index contributed by atoms with van der Waals surface area (Å²) in [5, 5.41) is 21.3. The van der Waals surface area contributed by atoms with E-state index in [2.05, 4.69) is 12.2 Å². The summed E-state index contributed by atoms with van der Waals surface area (Å²) in [5.74, 6) is -1.09. The predicted molar refractivity (Wildman–Crippen MR) is 76.8 cm³/mol. The molecule has 0 saturated carbocycles. The second kappa shape index (κ2) is 6.58. The van der Waals surface area contributed by atoms with E-state index in [-0.39, 0.29) is 13.0 Å². The molecule has 0 spiro atoms. The molecule has 2 rings (SSSR count). The smallest absolute Gasteiger partial charge is 0.326 e. The first-order valence-corrected chi connectivity index (χ1v) is 7.04. The number of amides is 2. The molecule has 3 N–H and O–H groups in total. The normalized spacial score (nSPS) is 21.3. The minimum Gasteiger partial charge on any atom is -0.480 e. The lowest BCUT2D eigenvalue weighted by molar-refractivity contribution is -0.141. The van der Waals surface area contributed by atoms with Crippen molar-refractivity contribution < 1.29 is 19.8 Å². The third kappa shape index (κ3) is 3.72. The largest absolute Gasteiger partial charge is 0.480 e. The average Bonchev–Trinajstić information content (AvgIpc) is 2.87. The zero-order valence-corrected chi connectivity index (χ0v) is 12.0. The van der Waals surface area contributed by atoms with Crippen molar-refractivity contribution in [2.45, 2.75) is 38.5 Å². The number of carboxylic acid groups (broad SMARTS) is 1. The molecule has 0 radical (unpaired) electrons. The number of aliphatic carboxylic acids is 1. The van der Waals surface area contributed by atoms with E-state index in [1.54, 1.807) is 0 Å². The molecule has 0 unspecified atom stereocenters. The Hall–Kier alpha value is -2.08. The van der Waals surface area contributed by atoms with E-state index in [4.69, 9.17) is 5.11 Å². The molecule has 1 aromatic rings. The second-order valence-electron chi connectivity index (χ2n) is 5.22. The highest BCUT2D eigenvalue weighted by Crippen LogP contribution is 2.18. The molecule has 2 atom stereocenters. The maximum atomic E-state index is 12.0. The van der Waals surface area contributed by atoms with Gasteiger partial charge in [-0.1, -0.05) is 31.2 Å². The second-order valence-corrected chi connectivity index (χ2v) is 5.22. The van der Waals surface area contributed by atoms with Crippen LogP contribution in [0.1, 0.15) is 24.5 Å². The van der Waals surface area contributed by atoms with Gasteiger partial charge in [0, 0.05) is 19.5 Å². The van der Waals surface area contributed by atoms with E-state index in [9.17, 15) is 14.7 Å². The van der Waals surface area contributed by atoms with Crippen LogP contribution in [0.4, 0.5) is 4.79 Å². The maximum absolute atomic E-state index is 12.0. The zero-order valence-electron chi connectivity index (χ0n) is 12.0. The van der Waals surface area contributed by atoms with Crippen LogP contribution in [0.3, 0.4) is 0 Å². The van der Waals surface area contributed by atoms with Gasteiger partial charge >= 0.3 is 12.0 Å². The third-order valence-corrected chi connectivity index (χ3v) is 3.70. The summed E-state index contributed by atoms with van der Waals surface area (Å²) < 4.78 is 0. The number of aliphatic hydroxyl groups excluding tert-OH is 1. The molecule has 0 aliphatic carbocycles. The lowest BCUT2D eigenvalue weighted by Gasteiger charge is -2.21. The number of aryl methyl sites for hydroxylation is 1. The van der Waals surface area contributed by atoms with Crippen LogP contribution in [0.5, 0.6) is 0 Å². The molecular formula is C15H20N2O4. The molecular weight excluding hydrogens is 272 g/mol. The Morgan fingerprint density at radius 3 is 2.48 bits per heavy atom. The molecule has 1 aliphatic rings. The van der Waals surface area contributed by atoms with Crippen molar-refractivity contribution in [3.05, 3.63) is 35.4 Å². The van der Waals surface area contributed by atoms with Gasteiger partial charge in [0.05, 0.1) is 6.10 Å². The van der Waals surface area contributed by atoms with Gasteiger partial charge in [-0.15, -0.1) is 0 Å². The highest BCUT2D eigenvalue weighted by molar-refractivity contribution is 5.83. The number of carboxylic acids is 1. The lowest BCUT2D eigenvalue weighted by Crippen LogP contribution is -2.45. The topological polar surface area (TPSA) is 89.9 Å². The Kier molecular flexibility index (Phi) is 4.80. The van der Waals surface area contributed by atoms with Crippen molar-refractivity contribution in [3.63, 3.8) is 0 Å². The van der Waals surface area contributed by atoms with Gasteiger partial charge in [0.1, 0.15) is 6.04 Å². The summed E-state index contributed by atoms with van der Waals surface area (Å²) in [6.45, 7) is 2.46. The molecule has 6 nitrogen and oxygen atoms in total. The van der Waals surface area contributed by atoms with Gasteiger partial charge in [-0.05, 0) is 17.5 Å². The lowest BCUT2D eigenvalue weighted by atomic mass is 10.1. The Labute approximate surface area is 123 Å². The number of hydrogen-bond donors (Lipinski definition) is 3. The minimum absolute atomic E-state index is 0.0531. The fraction of sp³-hybridized carbons (Fsp3) is 0.467. The first kappa shape index (κ1) is 15.3. The minimum atomic E-state index is -1.09. The fourth-order valence-electron chi connectivity index (χ4n) is 2.44. The van der Waals surface area contributed by atoms with Crippen molar-refractivity contribution in [2.24, 2.45) is 0 Å². The van der Waals surface area contributed by atoms with Crippen molar-refractivity contribution in [1.29, 1.82) is 0 Å². The third-order valence-electron chi connectivity index (χ3n) is 3.70. The van der Waals surface area contributed by atoms with Crippen LogP contribution in [0.2, 0.25) is 0 Å². The SMILES string of the molecule is CCc1ccc(CNC(=O)N2C[C@H](O)C[C@@H]2C(=O)O)cc1. The fourth-order valence-corrected chi connectivity index (χ4v) is 2.44. The molecule has 0 bridgehead atoms. The van der Waals surface area contributed by atoms with Gasteiger partial charge in [0.15, 0.2) is 0 Å². The number of nitrogens with zero attached hydrogens (tertiary/aromatic N) is 1. The molecule has 1 aliphatic heterocycles. The summed E-state index contributed by atoms with van der Waals surface area (Å²) in [4.78, 5) is 24.3. The van der Waals surface area contributed by atoms with Gasteiger partial charge in [0.2, 0.25) is 0 Å². The highest BCUT2D eigenvalue weighted by atomic mass is 16.4. The molecule has 1 heterocycles. The number of likely N-dealkylation sites (tertiary alicyclic amines) is 1. The van der Waals surface area contributed by atoms with Crippen LogP contribution in [-0.4, -0.2) is 45.8 Å². The molecule has 21 heavy (non-hydrogen) atoms. The van der Waals surface area contributed by atoms with Gasteiger partial charge in [0.25, 0.3) is 0 Å². The molecule has 6 heteroatoms. The van der Waals surface area contributed by atoms with Crippen LogP contribution in [0.15, 0.2) is 24.3 Å². The number of rotatable bonds is 4. The molecule has 1 saturated heterocycles. The number of hydrogen-bond acceptors (Lipinski definition) is 3. The number of aliphatic hydroxyl groups is 1. The van der Waals surface area contributed by atoms with E-state index < -0.39 is 24.1 Å². The van der Waals surface area contributed by atoms with E-state index in [1.165, 1.54) is 10.5 Å². The maximum Gasteiger partial charge on any atom is 0.326 e. The summed E-state index contributed by atoms with van der Waals surface area (Å²) in [6, 6.07) is 6.46. The summed E-state index contributed by atoms with van der Waals surface area (Å²) >= 11 is 0. The number of nitrogens with one attached hydrogen (secondary N) is 1. The van der Waals surface area contributed by atoms with Crippen LogP contribution in [0, 0.1) is 0 Å². The first-order chi connectivity index (χ1) is 10.0. The molecule has 0 aromatic heterocycles. The Morgan fingerprint density at radius 2 is 1.90 bits per heavy atom. The summed E-state index contributed by atoms with van der Waals surface area (Å²) in [7, 11) is 0. The van der Waals surface area contributed by atoms with Crippen LogP contribution >= 0.6 is 0 Å². The van der Waals surface area contributed by atoms with E-state index in [0.29, 0.717) is 6.54 Å². The van der Waals surface area contributed by atoms with E-state index in [0.717, 1.165) is 12.0 Å². The Balaban J connectivity index is 1.92. The van der Waals surface area contributed by atoms with Gasteiger partial charge in [-0.25, -0.2) is 9.59 Å². The number of carbonyl (C=O) groups excluding carboxylic acids is 1. The molecule has 1 aromatic carbocycles. The van der Waals surface area contributed by atoms with Crippen LogP contribution in [-0.2, 0) is 17.8 Å². The number of benzene rings is 1. The van der Waals surface area contributed by atoms with Crippen LogP contribution in [0.25, 0.3) is 0 Å². The molecule has 2 amide bonds. The summed E-state index contributed by atoms with van der Waals surface area (Å²) in [5.41, 5.74) is 2.17. The molecule has 114 valence electrons. The van der Waals surface area contributed by atoms with Crippen molar-refractivity contribution in [1.82, 2.24) is 10.2 Å². The zero-order chi connectivity index (χ0) is 15.4. The van der Waals surface area contributed by atoms with Gasteiger partial charge in [-0.3, -0.25) is 0 Å². The Morgan fingerprint density at radius 1 is 1.29 bits per heavy atom.